The van der Waals surface area contributed by atoms with Crippen molar-refractivity contribution >= 4 is 17.7 Å². The molecule has 2 aliphatic rings. The number of hydrogen-bond donors (Lipinski definition) is 1. The summed E-state index contributed by atoms with van der Waals surface area (Å²) in [5, 5.41) is 3.06. The SMILES string of the molecule is CC[C@H](NC(=O)CCN1C(=O)[C@H]2CC=CC[C@H]2C1=O)c1ccc(C)cc1C. The van der Waals surface area contributed by atoms with Gasteiger partial charge in [-0.05, 0) is 44.2 Å². The van der Waals surface area contributed by atoms with Crippen LogP contribution in [0.1, 0.15) is 55.3 Å². The molecule has 1 saturated heterocycles. The second-order valence-electron chi connectivity index (χ2n) is 7.62. The predicted molar refractivity (Wildman–Crippen MR) is 104 cm³/mol. The summed E-state index contributed by atoms with van der Waals surface area (Å²) < 4.78 is 0. The fourth-order valence-electron chi connectivity index (χ4n) is 4.19. The van der Waals surface area contributed by atoms with Gasteiger partial charge in [0.05, 0.1) is 17.9 Å². The summed E-state index contributed by atoms with van der Waals surface area (Å²) in [7, 11) is 0. The van der Waals surface area contributed by atoms with E-state index in [-0.39, 0.29) is 48.6 Å². The lowest BCUT2D eigenvalue weighted by Crippen LogP contribution is -2.36. The van der Waals surface area contributed by atoms with Crippen molar-refractivity contribution in [2.75, 3.05) is 6.54 Å². The Morgan fingerprint density at radius 1 is 1.15 bits per heavy atom. The number of fused-ring (bicyclic) bond motifs is 1. The first-order valence-electron chi connectivity index (χ1n) is 9.79. The van der Waals surface area contributed by atoms with Gasteiger partial charge in [0.25, 0.3) is 0 Å². The number of rotatable bonds is 6. The third-order valence-electron chi connectivity index (χ3n) is 5.71. The molecule has 1 aliphatic heterocycles. The molecular weight excluding hydrogens is 340 g/mol. The van der Waals surface area contributed by atoms with E-state index in [2.05, 4.69) is 30.4 Å². The molecule has 5 heteroatoms. The quantitative estimate of drug-likeness (QED) is 0.619. The molecule has 1 aromatic rings. The summed E-state index contributed by atoms with van der Waals surface area (Å²) in [6.07, 6.45) is 6.13. The minimum absolute atomic E-state index is 0.0603. The summed E-state index contributed by atoms with van der Waals surface area (Å²) in [5.74, 6) is -0.837. The molecule has 27 heavy (non-hydrogen) atoms. The lowest BCUT2D eigenvalue weighted by atomic mass is 9.85. The van der Waals surface area contributed by atoms with Gasteiger partial charge in [-0.2, -0.15) is 0 Å². The van der Waals surface area contributed by atoms with Gasteiger partial charge in [-0.1, -0.05) is 42.8 Å². The van der Waals surface area contributed by atoms with Gasteiger partial charge in [-0.15, -0.1) is 0 Å². The average molecular weight is 368 g/mol. The van der Waals surface area contributed by atoms with Crippen molar-refractivity contribution in [1.29, 1.82) is 0 Å². The monoisotopic (exact) mass is 368 g/mol. The summed E-state index contributed by atoms with van der Waals surface area (Å²) in [4.78, 5) is 38.7. The van der Waals surface area contributed by atoms with Gasteiger partial charge in [0.1, 0.15) is 0 Å². The summed E-state index contributed by atoms with van der Waals surface area (Å²) in [6, 6.07) is 6.16. The Balaban J connectivity index is 1.59. The van der Waals surface area contributed by atoms with Crippen molar-refractivity contribution in [3.63, 3.8) is 0 Å². The second-order valence-corrected chi connectivity index (χ2v) is 7.62. The van der Waals surface area contributed by atoms with E-state index in [1.807, 2.05) is 26.0 Å². The molecule has 1 heterocycles. The summed E-state index contributed by atoms with van der Waals surface area (Å²) in [5.41, 5.74) is 3.46. The maximum Gasteiger partial charge on any atom is 0.233 e. The Kier molecular flexibility index (Phi) is 5.78. The standard InChI is InChI=1S/C22H28N2O3/c1-4-19(16-10-9-14(2)13-15(16)3)23-20(25)11-12-24-21(26)17-7-5-6-8-18(17)22(24)27/h5-6,9-10,13,17-19H,4,7-8,11-12H2,1-3H3,(H,23,25)/t17-,18+,19-/m0/s1. The van der Waals surface area contributed by atoms with Gasteiger partial charge in [0, 0.05) is 13.0 Å². The van der Waals surface area contributed by atoms with E-state index in [1.165, 1.54) is 10.5 Å². The van der Waals surface area contributed by atoms with Gasteiger partial charge in [-0.25, -0.2) is 0 Å². The van der Waals surface area contributed by atoms with Crippen LogP contribution in [0.4, 0.5) is 0 Å². The van der Waals surface area contributed by atoms with E-state index in [9.17, 15) is 14.4 Å². The van der Waals surface area contributed by atoms with Crippen molar-refractivity contribution in [3.05, 3.63) is 47.0 Å². The Morgan fingerprint density at radius 3 is 2.33 bits per heavy atom. The molecule has 0 bridgehead atoms. The number of likely N-dealkylation sites (tertiary alicyclic amines) is 1. The average Bonchev–Trinajstić information content (AvgIpc) is 2.89. The number of hydrogen-bond acceptors (Lipinski definition) is 3. The minimum atomic E-state index is -0.232. The van der Waals surface area contributed by atoms with E-state index in [1.54, 1.807) is 0 Å². The smallest absolute Gasteiger partial charge is 0.233 e. The van der Waals surface area contributed by atoms with Gasteiger partial charge in [0.2, 0.25) is 17.7 Å². The van der Waals surface area contributed by atoms with Crippen molar-refractivity contribution in [3.8, 4) is 0 Å². The predicted octanol–water partition coefficient (Wildman–Crippen LogP) is 3.21. The number of carbonyl (C=O) groups is 3. The number of aryl methyl sites for hydroxylation is 2. The van der Waals surface area contributed by atoms with Crippen LogP contribution in [0.5, 0.6) is 0 Å². The van der Waals surface area contributed by atoms with Crippen LogP contribution in [0.3, 0.4) is 0 Å². The van der Waals surface area contributed by atoms with E-state index in [4.69, 9.17) is 0 Å². The zero-order chi connectivity index (χ0) is 19.6. The molecule has 0 aromatic heterocycles. The van der Waals surface area contributed by atoms with E-state index in [0.717, 1.165) is 17.5 Å². The lowest BCUT2D eigenvalue weighted by molar-refractivity contribution is -0.140. The van der Waals surface area contributed by atoms with Crippen molar-refractivity contribution in [2.45, 2.75) is 52.5 Å². The second kappa shape index (κ2) is 8.07. The van der Waals surface area contributed by atoms with E-state index < -0.39 is 0 Å². The molecule has 3 amide bonds. The highest BCUT2D eigenvalue weighted by molar-refractivity contribution is 6.05. The first-order valence-corrected chi connectivity index (χ1v) is 9.79. The molecule has 3 rings (SSSR count). The molecular formula is C22H28N2O3. The molecule has 5 nitrogen and oxygen atoms in total. The first-order chi connectivity index (χ1) is 12.9. The van der Waals surface area contributed by atoms with Gasteiger partial charge < -0.3 is 5.32 Å². The van der Waals surface area contributed by atoms with Crippen molar-refractivity contribution in [2.24, 2.45) is 11.8 Å². The maximum atomic E-state index is 12.5. The Bertz CT molecular complexity index is 758. The number of benzene rings is 1. The van der Waals surface area contributed by atoms with Crippen LogP contribution in [0.15, 0.2) is 30.4 Å². The maximum absolute atomic E-state index is 12.5. The molecule has 0 spiro atoms. The summed E-state index contributed by atoms with van der Waals surface area (Å²) >= 11 is 0. The highest BCUT2D eigenvalue weighted by Gasteiger charge is 2.46. The number of nitrogens with one attached hydrogen (secondary N) is 1. The van der Waals surface area contributed by atoms with Gasteiger partial charge in [0.15, 0.2) is 0 Å². The van der Waals surface area contributed by atoms with Crippen LogP contribution in [0.2, 0.25) is 0 Å². The van der Waals surface area contributed by atoms with E-state index >= 15 is 0 Å². The fourth-order valence-corrected chi connectivity index (χ4v) is 4.19. The van der Waals surface area contributed by atoms with Crippen LogP contribution >= 0.6 is 0 Å². The Hall–Kier alpha value is -2.43. The number of carbonyl (C=O) groups excluding carboxylic acids is 3. The molecule has 0 radical (unpaired) electrons. The zero-order valence-corrected chi connectivity index (χ0v) is 16.3. The minimum Gasteiger partial charge on any atom is -0.349 e. The first kappa shape index (κ1) is 19.3. The number of imide groups is 1. The number of amides is 3. The molecule has 1 aliphatic carbocycles. The largest absolute Gasteiger partial charge is 0.349 e. The van der Waals surface area contributed by atoms with E-state index in [0.29, 0.717) is 12.8 Å². The Labute approximate surface area is 160 Å². The molecule has 0 unspecified atom stereocenters. The molecule has 1 aromatic carbocycles. The molecule has 1 N–H and O–H groups in total. The van der Waals surface area contributed by atoms with Gasteiger partial charge >= 0.3 is 0 Å². The zero-order valence-electron chi connectivity index (χ0n) is 16.3. The van der Waals surface area contributed by atoms with Crippen LogP contribution in [-0.4, -0.2) is 29.2 Å². The lowest BCUT2D eigenvalue weighted by Gasteiger charge is -2.21. The van der Waals surface area contributed by atoms with Crippen LogP contribution < -0.4 is 5.32 Å². The van der Waals surface area contributed by atoms with Crippen LogP contribution in [0.25, 0.3) is 0 Å². The van der Waals surface area contributed by atoms with Crippen molar-refractivity contribution < 1.29 is 14.4 Å². The molecule has 3 atom stereocenters. The van der Waals surface area contributed by atoms with Crippen LogP contribution in [-0.2, 0) is 14.4 Å². The number of allylic oxidation sites excluding steroid dienone is 2. The summed E-state index contributed by atoms with van der Waals surface area (Å²) in [6.45, 7) is 6.30. The third-order valence-corrected chi connectivity index (χ3v) is 5.71. The van der Waals surface area contributed by atoms with Gasteiger partial charge in [-0.3, -0.25) is 19.3 Å². The topological polar surface area (TPSA) is 66.5 Å². The highest BCUT2D eigenvalue weighted by Crippen LogP contribution is 2.35. The van der Waals surface area contributed by atoms with Crippen LogP contribution in [0, 0.1) is 25.7 Å². The normalized spacial score (nSPS) is 22.7. The number of nitrogens with zero attached hydrogens (tertiary/aromatic N) is 1. The third kappa shape index (κ3) is 3.97. The highest BCUT2D eigenvalue weighted by atomic mass is 16.2. The molecule has 0 saturated carbocycles. The molecule has 144 valence electrons. The fraction of sp³-hybridized carbons (Fsp3) is 0.500. The molecule has 1 fully saturated rings. The van der Waals surface area contributed by atoms with Crippen molar-refractivity contribution in [1.82, 2.24) is 10.2 Å². The Morgan fingerprint density at radius 2 is 1.78 bits per heavy atom.